The highest BCUT2D eigenvalue weighted by atomic mass is 79.9. The van der Waals surface area contributed by atoms with Crippen molar-refractivity contribution in [2.45, 2.75) is 0 Å². The molecular formula is C8H5Br2N3. The summed E-state index contributed by atoms with van der Waals surface area (Å²) in [6, 6.07) is -0.273. The van der Waals surface area contributed by atoms with E-state index in [1.807, 2.05) is 0 Å². The van der Waals surface area contributed by atoms with Gasteiger partial charge in [0.1, 0.15) is 12.3 Å². The summed E-state index contributed by atoms with van der Waals surface area (Å²) in [5, 5.41) is 0. The van der Waals surface area contributed by atoms with Gasteiger partial charge in [0.05, 0.1) is 15.6 Å². The zero-order chi connectivity index (χ0) is 13.6. The number of aromatic nitrogens is 3. The van der Waals surface area contributed by atoms with Crippen LogP contribution in [0.2, 0.25) is 0 Å². The number of hydrogen-bond donors (Lipinski definition) is 0. The van der Waals surface area contributed by atoms with Crippen molar-refractivity contribution >= 4 is 31.9 Å². The Morgan fingerprint density at radius 1 is 1.46 bits per heavy atom. The van der Waals surface area contributed by atoms with Crippen LogP contribution in [0.5, 0.6) is 0 Å². The Labute approximate surface area is 99.1 Å². The minimum Gasteiger partial charge on any atom is -0.304 e. The molecule has 0 aliphatic rings. The molecule has 0 amide bonds. The van der Waals surface area contributed by atoms with E-state index in [9.17, 15) is 0 Å². The Morgan fingerprint density at radius 3 is 3.00 bits per heavy atom. The highest BCUT2D eigenvalue weighted by molar-refractivity contribution is 9.10. The normalized spacial score (nSPS) is 15.7. The molecular weight excluding hydrogens is 298 g/mol. The summed E-state index contributed by atoms with van der Waals surface area (Å²) >= 11 is 6.12. The average Bonchev–Trinajstić information content (AvgIpc) is 2.53. The van der Waals surface area contributed by atoms with Crippen LogP contribution in [0.1, 0.15) is 6.85 Å². The molecule has 0 unspecified atom stereocenters. The minimum absolute atomic E-state index is 0.0493. The van der Waals surface area contributed by atoms with E-state index in [2.05, 4.69) is 41.8 Å². The molecule has 3 nitrogen and oxygen atoms in total. The summed E-state index contributed by atoms with van der Waals surface area (Å²) < 4.78 is 39.6. The third-order valence-electron chi connectivity index (χ3n) is 1.27. The fourth-order valence-electron chi connectivity index (χ4n) is 0.762. The van der Waals surface area contributed by atoms with Gasteiger partial charge >= 0.3 is 0 Å². The fraction of sp³-hybridized carbons (Fsp3) is 0. The van der Waals surface area contributed by atoms with Gasteiger partial charge in [0, 0.05) is 18.5 Å². The van der Waals surface area contributed by atoms with Crippen LogP contribution in [-0.2, 0) is 0 Å². The van der Waals surface area contributed by atoms with Gasteiger partial charge in [-0.15, -0.1) is 0 Å². The number of imidazole rings is 1. The lowest BCUT2D eigenvalue weighted by Crippen LogP contribution is -1.91. The van der Waals surface area contributed by atoms with E-state index in [1.165, 1.54) is 0 Å². The molecule has 0 fully saturated rings. The number of hydrogen-bond acceptors (Lipinski definition) is 2. The van der Waals surface area contributed by atoms with Crippen LogP contribution in [0, 0.1) is 0 Å². The predicted octanol–water partition coefficient (Wildman–Crippen LogP) is 2.79. The quantitative estimate of drug-likeness (QED) is 0.811. The standard InChI is InChI=1S/C8H5Br2N3/c9-6-3-11-2-1-7(6)13-4-8(10)12-5-13/h1-5H/i1D,2D,3D,4D,5D. The number of halogens is 2. The monoisotopic (exact) mass is 306 g/mol. The SMILES string of the molecule is [2H]c1nc([2H])c(Br)c(-n2c([2H])nc(Br)c2[2H])c1[2H]. The first-order valence-electron chi connectivity index (χ1n) is 5.69. The molecule has 13 heavy (non-hydrogen) atoms. The Bertz CT molecular complexity index is 616. The molecule has 0 aliphatic carbocycles. The van der Waals surface area contributed by atoms with E-state index in [1.54, 1.807) is 0 Å². The maximum atomic E-state index is 7.78. The minimum atomic E-state index is -0.387. The summed E-state index contributed by atoms with van der Waals surface area (Å²) in [6.45, 7) is 0. The van der Waals surface area contributed by atoms with E-state index in [-0.39, 0.29) is 45.6 Å². The molecule has 0 atom stereocenters. The summed E-state index contributed by atoms with van der Waals surface area (Å²) in [4.78, 5) is 7.30. The van der Waals surface area contributed by atoms with Crippen molar-refractivity contribution in [2.75, 3.05) is 0 Å². The Morgan fingerprint density at radius 2 is 2.31 bits per heavy atom. The van der Waals surface area contributed by atoms with Gasteiger partial charge in [-0.25, -0.2) is 4.98 Å². The molecule has 0 spiro atoms. The second kappa shape index (κ2) is 3.59. The van der Waals surface area contributed by atoms with E-state index in [4.69, 9.17) is 6.85 Å². The largest absolute Gasteiger partial charge is 0.304 e. The first-order chi connectivity index (χ1) is 8.34. The van der Waals surface area contributed by atoms with Crippen LogP contribution in [0.25, 0.3) is 5.69 Å². The zero-order valence-corrected chi connectivity index (χ0v) is 9.27. The van der Waals surface area contributed by atoms with Gasteiger partial charge in [0.15, 0.2) is 0 Å². The summed E-state index contributed by atoms with van der Waals surface area (Å²) in [7, 11) is 0. The molecule has 2 aromatic heterocycles. The highest BCUT2D eigenvalue weighted by Gasteiger charge is 2.01. The van der Waals surface area contributed by atoms with E-state index in [0.29, 0.717) is 0 Å². The molecule has 66 valence electrons. The molecule has 0 saturated carbocycles. The molecule has 2 aromatic rings. The van der Waals surface area contributed by atoms with Gasteiger partial charge in [0.25, 0.3) is 0 Å². The second-order valence-electron chi connectivity index (χ2n) is 2.07. The zero-order valence-electron chi connectivity index (χ0n) is 11.1. The Balaban J connectivity index is 2.87. The third kappa shape index (κ3) is 1.81. The molecule has 5 heteroatoms. The topological polar surface area (TPSA) is 30.7 Å². The molecule has 0 saturated heterocycles. The lowest BCUT2D eigenvalue weighted by molar-refractivity contribution is 1.04. The summed E-state index contributed by atoms with van der Waals surface area (Å²) in [5.74, 6) is 0. The summed E-state index contributed by atoms with van der Waals surface area (Å²) in [5.41, 5.74) is 0.0493. The smallest absolute Gasteiger partial charge is 0.124 e. The van der Waals surface area contributed by atoms with Crippen molar-refractivity contribution in [3.8, 4) is 5.69 Å². The van der Waals surface area contributed by atoms with Crippen molar-refractivity contribution in [1.82, 2.24) is 14.5 Å². The number of pyridine rings is 1. The Kier molecular flexibility index (Phi) is 1.30. The van der Waals surface area contributed by atoms with Crippen molar-refractivity contribution in [2.24, 2.45) is 0 Å². The second-order valence-corrected chi connectivity index (χ2v) is 3.62. The van der Waals surface area contributed by atoms with Crippen LogP contribution >= 0.6 is 31.9 Å². The lowest BCUT2D eigenvalue weighted by Gasteiger charge is -2.02. The van der Waals surface area contributed by atoms with Crippen LogP contribution in [0.3, 0.4) is 0 Å². The third-order valence-corrected chi connectivity index (χ3v) is 2.18. The molecule has 0 aliphatic heterocycles. The number of nitrogens with zero attached hydrogens (tertiary/aromatic N) is 3. The fourth-order valence-corrected chi connectivity index (χ4v) is 1.38. The number of rotatable bonds is 1. The highest BCUT2D eigenvalue weighted by Crippen LogP contribution is 2.20. The van der Waals surface area contributed by atoms with Gasteiger partial charge in [-0.1, -0.05) is 0 Å². The summed E-state index contributed by atoms with van der Waals surface area (Å²) in [6.07, 6.45) is -0.998. The average molecular weight is 308 g/mol. The lowest BCUT2D eigenvalue weighted by atomic mass is 10.4. The van der Waals surface area contributed by atoms with Gasteiger partial charge in [-0.05, 0) is 37.9 Å². The van der Waals surface area contributed by atoms with Crippen LogP contribution in [-0.4, -0.2) is 14.5 Å². The molecule has 2 rings (SSSR count). The van der Waals surface area contributed by atoms with Crippen LogP contribution in [0.4, 0.5) is 0 Å². The van der Waals surface area contributed by atoms with Crippen molar-refractivity contribution in [3.63, 3.8) is 0 Å². The Hall–Kier alpha value is -0.680. The van der Waals surface area contributed by atoms with Crippen molar-refractivity contribution in [3.05, 3.63) is 39.9 Å². The van der Waals surface area contributed by atoms with Gasteiger partial charge < -0.3 is 4.57 Å². The van der Waals surface area contributed by atoms with E-state index >= 15 is 0 Å². The van der Waals surface area contributed by atoms with E-state index in [0.717, 1.165) is 4.57 Å². The van der Waals surface area contributed by atoms with Gasteiger partial charge in [-0.3, -0.25) is 4.98 Å². The van der Waals surface area contributed by atoms with Gasteiger partial charge in [0.2, 0.25) is 0 Å². The molecule has 2 heterocycles. The first-order valence-corrected chi connectivity index (χ1v) is 4.78. The van der Waals surface area contributed by atoms with Crippen LogP contribution < -0.4 is 0 Å². The van der Waals surface area contributed by atoms with Crippen LogP contribution in [0.15, 0.2) is 39.9 Å². The molecule has 0 aromatic carbocycles. The molecule has 0 radical (unpaired) electrons. The van der Waals surface area contributed by atoms with E-state index < -0.39 is 0 Å². The maximum absolute atomic E-state index is 7.78. The molecule has 0 bridgehead atoms. The van der Waals surface area contributed by atoms with Crippen molar-refractivity contribution in [1.29, 1.82) is 0 Å². The van der Waals surface area contributed by atoms with Crippen molar-refractivity contribution < 1.29 is 6.85 Å². The first kappa shape index (κ1) is 4.70. The predicted molar refractivity (Wildman–Crippen MR) is 56.8 cm³/mol. The molecule has 0 N–H and O–H groups in total. The maximum Gasteiger partial charge on any atom is 0.124 e. The van der Waals surface area contributed by atoms with Gasteiger partial charge in [-0.2, -0.15) is 0 Å².